The number of alkyl carbamates (subject to hydrolysis) is 1. The highest BCUT2D eigenvalue weighted by molar-refractivity contribution is 5.94. The molecule has 180 valence electrons. The number of ether oxygens (including phenoxy) is 3. The molecule has 0 bridgehead atoms. The first-order valence-electron chi connectivity index (χ1n) is 10.9. The topological polar surface area (TPSA) is 109 Å². The number of nitrogens with one attached hydrogen (secondary N) is 1. The van der Waals surface area contributed by atoms with E-state index in [-0.39, 0.29) is 25.6 Å². The summed E-state index contributed by atoms with van der Waals surface area (Å²) in [6, 6.07) is 20.6. The van der Waals surface area contributed by atoms with Gasteiger partial charge in [0.05, 0.1) is 11.8 Å². The molecule has 35 heavy (non-hydrogen) atoms. The SMILES string of the molecule is CC(NC(=O)OCc1ccccc1)C(=O)OCn1c(C(=O)OCc2ccccc2)cc2occc21. The number of furan rings is 1. The largest absolute Gasteiger partial charge is 0.463 e. The minimum absolute atomic E-state index is 0.0741. The van der Waals surface area contributed by atoms with Crippen molar-refractivity contribution in [2.24, 2.45) is 0 Å². The molecule has 0 fully saturated rings. The third-order valence-electron chi connectivity index (χ3n) is 5.18. The van der Waals surface area contributed by atoms with Crippen LogP contribution < -0.4 is 5.32 Å². The number of rotatable bonds is 9. The lowest BCUT2D eigenvalue weighted by atomic mass is 10.2. The molecule has 0 aliphatic rings. The van der Waals surface area contributed by atoms with Crippen LogP contribution in [0.1, 0.15) is 28.5 Å². The molecule has 0 spiro atoms. The molecule has 0 saturated heterocycles. The van der Waals surface area contributed by atoms with Gasteiger partial charge < -0.3 is 23.9 Å². The van der Waals surface area contributed by atoms with E-state index in [1.54, 1.807) is 6.07 Å². The third kappa shape index (κ3) is 6.08. The minimum atomic E-state index is -0.970. The summed E-state index contributed by atoms with van der Waals surface area (Å²) in [5.74, 6) is -1.29. The van der Waals surface area contributed by atoms with E-state index in [0.717, 1.165) is 11.1 Å². The van der Waals surface area contributed by atoms with Crippen LogP contribution in [0.15, 0.2) is 83.5 Å². The van der Waals surface area contributed by atoms with Crippen LogP contribution in [0.5, 0.6) is 0 Å². The van der Waals surface area contributed by atoms with Crippen LogP contribution >= 0.6 is 0 Å². The number of aromatic nitrogens is 1. The Morgan fingerprint density at radius 3 is 2.17 bits per heavy atom. The quantitative estimate of drug-likeness (QED) is 0.282. The lowest BCUT2D eigenvalue weighted by molar-refractivity contribution is -0.149. The van der Waals surface area contributed by atoms with E-state index in [1.165, 1.54) is 23.8 Å². The van der Waals surface area contributed by atoms with E-state index in [1.807, 2.05) is 60.7 Å². The first-order valence-corrected chi connectivity index (χ1v) is 10.9. The Morgan fingerprint density at radius 1 is 0.886 bits per heavy atom. The fourth-order valence-corrected chi connectivity index (χ4v) is 3.34. The fourth-order valence-electron chi connectivity index (χ4n) is 3.34. The first-order chi connectivity index (χ1) is 17.0. The second-order valence-electron chi connectivity index (χ2n) is 7.71. The molecule has 0 aliphatic heterocycles. The Balaban J connectivity index is 1.33. The summed E-state index contributed by atoms with van der Waals surface area (Å²) in [7, 11) is 0. The van der Waals surface area contributed by atoms with Crippen molar-refractivity contribution in [3.05, 3.63) is 95.9 Å². The first kappa shape index (κ1) is 23.6. The Labute approximate surface area is 201 Å². The molecule has 1 amide bonds. The maximum atomic E-state index is 12.7. The van der Waals surface area contributed by atoms with Gasteiger partial charge in [-0.3, -0.25) is 4.57 Å². The molecule has 0 aliphatic carbocycles. The molecule has 2 aromatic carbocycles. The van der Waals surface area contributed by atoms with Gasteiger partial charge in [-0.05, 0) is 18.1 Å². The van der Waals surface area contributed by atoms with E-state index in [2.05, 4.69) is 5.32 Å². The number of hydrogen-bond acceptors (Lipinski definition) is 7. The van der Waals surface area contributed by atoms with Crippen molar-refractivity contribution in [2.45, 2.75) is 32.9 Å². The van der Waals surface area contributed by atoms with Crippen molar-refractivity contribution < 1.29 is 33.0 Å². The molecule has 9 heteroatoms. The smallest absolute Gasteiger partial charge is 0.408 e. The standard InChI is InChI=1S/C26H24N2O7/c1-18(27-26(31)34-16-20-10-6-3-7-11-20)24(29)35-17-28-21-12-13-32-23(21)14-22(28)25(30)33-15-19-8-4-2-5-9-19/h2-14,18H,15-17H2,1H3,(H,27,31). The summed E-state index contributed by atoms with van der Waals surface area (Å²) < 4.78 is 22.7. The number of fused-ring (bicyclic) bond motifs is 1. The van der Waals surface area contributed by atoms with E-state index < -0.39 is 24.1 Å². The van der Waals surface area contributed by atoms with Crippen LogP contribution in [0, 0.1) is 0 Å². The van der Waals surface area contributed by atoms with Crippen LogP contribution in [0.2, 0.25) is 0 Å². The van der Waals surface area contributed by atoms with Crippen molar-refractivity contribution >= 4 is 29.1 Å². The summed E-state index contributed by atoms with van der Waals surface area (Å²) >= 11 is 0. The van der Waals surface area contributed by atoms with Crippen LogP contribution in [0.4, 0.5) is 4.79 Å². The molecule has 1 atom stereocenters. The van der Waals surface area contributed by atoms with Gasteiger partial charge in [0.25, 0.3) is 0 Å². The molecular formula is C26H24N2O7. The van der Waals surface area contributed by atoms with Gasteiger partial charge in [-0.2, -0.15) is 0 Å². The van der Waals surface area contributed by atoms with Crippen molar-refractivity contribution in [3.63, 3.8) is 0 Å². The van der Waals surface area contributed by atoms with E-state index in [4.69, 9.17) is 18.6 Å². The number of nitrogens with zero attached hydrogens (tertiary/aromatic N) is 1. The lowest BCUT2D eigenvalue weighted by Crippen LogP contribution is -2.40. The Hall–Kier alpha value is -4.53. The number of benzene rings is 2. The van der Waals surface area contributed by atoms with Crippen LogP contribution in [0.25, 0.3) is 11.1 Å². The third-order valence-corrected chi connectivity index (χ3v) is 5.18. The maximum Gasteiger partial charge on any atom is 0.408 e. The van der Waals surface area contributed by atoms with Crippen LogP contribution in [0.3, 0.4) is 0 Å². The summed E-state index contributed by atoms with van der Waals surface area (Å²) in [6.07, 6.45) is 0.719. The van der Waals surface area contributed by atoms with Crippen molar-refractivity contribution in [2.75, 3.05) is 0 Å². The van der Waals surface area contributed by atoms with Gasteiger partial charge in [0.15, 0.2) is 12.3 Å². The predicted octanol–water partition coefficient (Wildman–Crippen LogP) is 4.41. The Kier molecular flexibility index (Phi) is 7.47. The molecule has 2 heterocycles. The molecule has 0 saturated carbocycles. The van der Waals surface area contributed by atoms with Gasteiger partial charge in [0.1, 0.15) is 24.9 Å². The van der Waals surface area contributed by atoms with Gasteiger partial charge in [0, 0.05) is 12.1 Å². The Bertz CT molecular complexity index is 1300. The van der Waals surface area contributed by atoms with Crippen molar-refractivity contribution in [1.29, 1.82) is 0 Å². The predicted molar refractivity (Wildman–Crippen MR) is 125 cm³/mol. The highest BCUT2D eigenvalue weighted by atomic mass is 16.6. The molecular weight excluding hydrogens is 452 g/mol. The molecule has 1 N–H and O–H groups in total. The number of esters is 2. The highest BCUT2D eigenvalue weighted by Gasteiger charge is 2.22. The molecule has 0 radical (unpaired) electrons. The maximum absolute atomic E-state index is 12.7. The zero-order valence-electron chi connectivity index (χ0n) is 19.0. The van der Waals surface area contributed by atoms with Gasteiger partial charge in [-0.1, -0.05) is 60.7 Å². The second kappa shape index (κ2) is 11.1. The van der Waals surface area contributed by atoms with E-state index in [0.29, 0.717) is 11.1 Å². The van der Waals surface area contributed by atoms with Crippen LogP contribution in [-0.2, 0) is 38.9 Å². The van der Waals surface area contributed by atoms with Gasteiger partial charge in [-0.25, -0.2) is 14.4 Å². The molecule has 4 rings (SSSR count). The number of amides is 1. The molecule has 9 nitrogen and oxygen atoms in total. The van der Waals surface area contributed by atoms with Gasteiger partial charge >= 0.3 is 18.0 Å². The van der Waals surface area contributed by atoms with E-state index in [9.17, 15) is 14.4 Å². The number of carbonyl (C=O) groups is 3. The molecule has 1 unspecified atom stereocenters. The summed E-state index contributed by atoms with van der Waals surface area (Å²) in [5.41, 5.74) is 2.84. The highest BCUT2D eigenvalue weighted by Crippen LogP contribution is 2.22. The minimum Gasteiger partial charge on any atom is -0.463 e. The summed E-state index contributed by atoms with van der Waals surface area (Å²) in [6.45, 7) is 1.37. The number of carbonyl (C=O) groups excluding carboxylic acids is 3. The molecule has 2 aromatic heterocycles. The van der Waals surface area contributed by atoms with Gasteiger partial charge in [0.2, 0.25) is 0 Å². The lowest BCUT2D eigenvalue weighted by Gasteiger charge is -2.15. The monoisotopic (exact) mass is 476 g/mol. The summed E-state index contributed by atoms with van der Waals surface area (Å²) in [4.78, 5) is 37.2. The summed E-state index contributed by atoms with van der Waals surface area (Å²) in [5, 5.41) is 2.43. The second-order valence-corrected chi connectivity index (χ2v) is 7.71. The average molecular weight is 476 g/mol. The zero-order valence-corrected chi connectivity index (χ0v) is 19.0. The Morgan fingerprint density at radius 2 is 1.51 bits per heavy atom. The van der Waals surface area contributed by atoms with Crippen molar-refractivity contribution in [1.82, 2.24) is 9.88 Å². The average Bonchev–Trinajstić information content (AvgIpc) is 3.48. The van der Waals surface area contributed by atoms with Crippen molar-refractivity contribution in [3.8, 4) is 0 Å². The normalized spacial score (nSPS) is 11.6. The van der Waals surface area contributed by atoms with Crippen LogP contribution in [-0.4, -0.2) is 28.6 Å². The number of hydrogen-bond donors (Lipinski definition) is 1. The molecule has 4 aromatic rings. The zero-order chi connectivity index (χ0) is 24.6. The van der Waals surface area contributed by atoms with Gasteiger partial charge in [-0.15, -0.1) is 0 Å². The fraction of sp³-hybridized carbons (Fsp3) is 0.192. The van der Waals surface area contributed by atoms with E-state index >= 15 is 0 Å².